The summed E-state index contributed by atoms with van der Waals surface area (Å²) in [6.45, 7) is 0. The molecule has 0 aliphatic rings. The van der Waals surface area contributed by atoms with E-state index in [2.05, 4.69) is 127 Å². The Hall–Kier alpha value is -5.18. The number of rotatable bonds is 6. The molecule has 46 heavy (non-hydrogen) atoms. The molecule has 0 N–H and O–H groups in total. The molecule has 0 aromatic heterocycles. The van der Waals surface area contributed by atoms with Gasteiger partial charge in [0.05, 0.1) is 0 Å². The Morgan fingerprint density at radius 1 is 0.261 bits per heavy atom. The molecule has 0 fully saturated rings. The summed E-state index contributed by atoms with van der Waals surface area (Å²) in [5, 5.41) is 13.6. The van der Waals surface area contributed by atoms with Crippen LogP contribution in [0.4, 0.5) is 0 Å². The van der Waals surface area contributed by atoms with Gasteiger partial charge in [-0.1, -0.05) is 0 Å². The fourth-order valence-corrected chi connectivity index (χ4v) is 10.5. The summed E-state index contributed by atoms with van der Waals surface area (Å²) in [6.07, 6.45) is 0. The van der Waals surface area contributed by atoms with Crippen LogP contribution in [0.3, 0.4) is 0 Å². The predicted octanol–water partition coefficient (Wildman–Crippen LogP) is 11.1. The molecule has 4 heteroatoms. The molecule has 9 aromatic carbocycles. The zero-order valence-electron chi connectivity index (χ0n) is 24.8. The topological polar surface area (TPSA) is 27.7 Å². The van der Waals surface area contributed by atoms with Crippen LogP contribution in [-0.2, 0) is 0 Å². The van der Waals surface area contributed by atoms with Gasteiger partial charge in [0, 0.05) is 0 Å². The van der Waals surface area contributed by atoms with Gasteiger partial charge >= 0.3 is 277 Å². The third-order valence-electron chi connectivity index (χ3n) is 8.64. The van der Waals surface area contributed by atoms with Crippen molar-refractivity contribution < 1.29 is 8.44 Å². The summed E-state index contributed by atoms with van der Waals surface area (Å²) in [5.41, 5.74) is 0. The van der Waals surface area contributed by atoms with Crippen molar-refractivity contribution in [3.63, 3.8) is 0 Å². The van der Waals surface area contributed by atoms with Crippen molar-refractivity contribution in [3.05, 3.63) is 164 Å². The minimum atomic E-state index is -3.78. The summed E-state index contributed by atoms with van der Waals surface area (Å²) in [7, 11) is 0. The molecule has 3 nitrogen and oxygen atoms in total. The first-order valence-electron chi connectivity index (χ1n) is 15.3. The van der Waals surface area contributed by atoms with Crippen molar-refractivity contribution in [2.24, 2.45) is 0 Å². The van der Waals surface area contributed by atoms with Crippen molar-refractivity contribution in [1.29, 1.82) is 0 Å². The Labute approximate surface area is 275 Å². The number of hydrogen-bond donors (Lipinski definition) is 0. The fourth-order valence-electron chi connectivity index (χ4n) is 6.35. The Morgan fingerprint density at radius 2 is 0.522 bits per heavy atom. The van der Waals surface area contributed by atoms with Gasteiger partial charge in [0.15, 0.2) is 0 Å². The molecule has 0 spiro atoms. The fraction of sp³-hybridized carbons (Fsp3) is 0. The van der Waals surface area contributed by atoms with E-state index < -0.39 is 23.1 Å². The second-order valence-corrected chi connectivity index (χ2v) is 15.4. The summed E-state index contributed by atoms with van der Waals surface area (Å²) in [4.78, 5) is 0. The van der Waals surface area contributed by atoms with Crippen molar-refractivity contribution >= 4 is 87.7 Å². The molecule has 0 amide bonds. The van der Waals surface area contributed by atoms with Crippen LogP contribution in [-0.4, -0.2) is 23.1 Å². The molecule has 0 atom stereocenters. The van der Waals surface area contributed by atoms with E-state index in [0.717, 1.165) is 49.6 Å². The molecule has 0 heterocycles. The van der Waals surface area contributed by atoms with Crippen LogP contribution in [0.5, 0.6) is 17.2 Å². The first-order chi connectivity index (χ1) is 22.7. The van der Waals surface area contributed by atoms with Crippen molar-refractivity contribution in [3.8, 4) is 17.2 Å². The van der Waals surface area contributed by atoms with Crippen molar-refractivity contribution in [2.45, 2.75) is 0 Å². The number of fused-ring (bicyclic) bond motifs is 6. The molecule has 0 radical (unpaired) electrons. The number of benzene rings is 9. The minimum absolute atomic E-state index is 0.775. The van der Waals surface area contributed by atoms with Crippen molar-refractivity contribution in [2.75, 3.05) is 0 Å². The second-order valence-electron chi connectivity index (χ2n) is 11.5. The van der Waals surface area contributed by atoms with Gasteiger partial charge < -0.3 is 0 Å². The Kier molecular flexibility index (Phi) is 6.68. The average Bonchev–Trinajstić information content (AvgIpc) is 3.09. The quantitative estimate of drug-likeness (QED) is 0.124. The zero-order valence-corrected chi connectivity index (χ0v) is 28.2. The van der Waals surface area contributed by atoms with E-state index in [9.17, 15) is 0 Å². The van der Waals surface area contributed by atoms with Gasteiger partial charge in [-0.05, 0) is 0 Å². The van der Waals surface area contributed by atoms with Gasteiger partial charge in [0.2, 0.25) is 0 Å². The van der Waals surface area contributed by atoms with Gasteiger partial charge in [-0.3, -0.25) is 0 Å². The second kappa shape index (κ2) is 11.3. The normalized spacial score (nSPS) is 11.7. The van der Waals surface area contributed by atoms with Gasteiger partial charge in [-0.25, -0.2) is 0 Å². The molecule has 9 aromatic rings. The van der Waals surface area contributed by atoms with Gasteiger partial charge in [0.25, 0.3) is 0 Å². The molecule has 0 aliphatic heterocycles. The SMILES string of the molecule is c1ccc2cc3c([O][Bi]([O]c4cccc5cc6ccccc6cc45)[O]c4cccc5cc6ccccc6cc45)cccc3cc2c1. The maximum absolute atomic E-state index is 6.92. The van der Waals surface area contributed by atoms with E-state index in [4.69, 9.17) is 8.44 Å². The molecule has 9 rings (SSSR count). The van der Waals surface area contributed by atoms with Gasteiger partial charge in [0.1, 0.15) is 0 Å². The van der Waals surface area contributed by atoms with Gasteiger partial charge in [-0.2, -0.15) is 0 Å². The van der Waals surface area contributed by atoms with E-state index in [0.29, 0.717) is 0 Å². The van der Waals surface area contributed by atoms with Crippen LogP contribution in [0.2, 0.25) is 0 Å². The average molecular weight is 789 g/mol. The van der Waals surface area contributed by atoms with Crippen LogP contribution >= 0.6 is 0 Å². The van der Waals surface area contributed by atoms with Crippen LogP contribution in [0.1, 0.15) is 0 Å². The molecule has 0 aliphatic carbocycles. The molecule has 0 saturated heterocycles. The molecular weight excluding hydrogens is 761 g/mol. The molecule has 0 bridgehead atoms. The standard InChI is InChI=1S/3C14H10O.Bi/c3*15-14-7-3-6-12-8-10-4-1-2-5-11(10)9-13(12)14;/h3*1-9,15H;/q;;;+3/p-3. The van der Waals surface area contributed by atoms with Crippen LogP contribution in [0, 0.1) is 0 Å². The number of hydrogen-bond acceptors (Lipinski definition) is 3. The third-order valence-corrected chi connectivity index (χ3v) is 12.7. The Bertz CT molecular complexity index is 2310. The first-order valence-corrected chi connectivity index (χ1v) is 19.6. The van der Waals surface area contributed by atoms with Crippen molar-refractivity contribution in [1.82, 2.24) is 0 Å². The van der Waals surface area contributed by atoms with Crippen LogP contribution in [0.25, 0.3) is 64.6 Å². The van der Waals surface area contributed by atoms with E-state index in [1.165, 1.54) is 32.3 Å². The molecule has 0 saturated carbocycles. The van der Waals surface area contributed by atoms with E-state index in [1.807, 2.05) is 36.4 Å². The Balaban J connectivity index is 1.18. The molecule has 218 valence electrons. The Morgan fingerprint density at radius 3 is 0.826 bits per heavy atom. The van der Waals surface area contributed by atoms with E-state index in [1.54, 1.807) is 0 Å². The van der Waals surface area contributed by atoms with Gasteiger partial charge in [-0.15, -0.1) is 0 Å². The third kappa shape index (κ3) is 4.96. The predicted molar refractivity (Wildman–Crippen MR) is 192 cm³/mol. The summed E-state index contributed by atoms with van der Waals surface area (Å²) in [5.74, 6) is 2.33. The maximum atomic E-state index is 6.92. The molecular formula is C42H27BiO3. The first kappa shape index (κ1) is 27.2. The van der Waals surface area contributed by atoms with Crippen LogP contribution < -0.4 is 8.44 Å². The monoisotopic (exact) mass is 788 g/mol. The van der Waals surface area contributed by atoms with E-state index >= 15 is 0 Å². The zero-order chi connectivity index (χ0) is 30.5. The van der Waals surface area contributed by atoms with Crippen LogP contribution in [0.15, 0.2) is 164 Å². The summed E-state index contributed by atoms with van der Waals surface area (Å²) >= 11 is -3.78. The van der Waals surface area contributed by atoms with E-state index in [-0.39, 0.29) is 0 Å². The summed E-state index contributed by atoms with van der Waals surface area (Å²) in [6, 6.07) is 57.1. The molecule has 0 unspecified atom stereocenters. The summed E-state index contributed by atoms with van der Waals surface area (Å²) < 4.78 is 20.7.